The SMILES string of the molecule is O=c1[nH]c(CC2CC2)nc2c1CCN(Cc1cccc(F)c1O)C2. The Bertz CT molecular complexity index is 829. The normalized spacial score (nSPS) is 17.7. The molecule has 2 N–H and O–H groups in total. The maximum atomic E-state index is 13.5. The van der Waals surface area contributed by atoms with Crippen LogP contribution in [-0.2, 0) is 25.9 Å². The van der Waals surface area contributed by atoms with Gasteiger partial charge in [0.25, 0.3) is 5.56 Å². The molecule has 0 bridgehead atoms. The van der Waals surface area contributed by atoms with Crippen molar-refractivity contribution in [2.45, 2.75) is 38.8 Å². The fourth-order valence-corrected chi connectivity index (χ4v) is 3.30. The lowest BCUT2D eigenvalue weighted by Gasteiger charge is -2.28. The number of rotatable bonds is 4. The standard InChI is InChI=1S/C18H20FN3O2/c19-14-3-1-2-12(17(14)23)9-22-7-6-13-15(10-22)20-16(21-18(13)24)8-11-4-5-11/h1-3,11,23H,4-10H2,(H,20,21,24). The van der Waals surface area contributed by atoms with E-state index in [1.807, 2.05) is 0 Å². The van der Waals surface area contributed by atoms with Crippen LogP contribution < -0.4 is 5.56 Å². The van der Waals surface area contributed by atoms with Gasteiger partial charge in [-0.25, -0.2) is 9.37 Å². The van der Waals surface area contributed by atoms with E-state index in [0.717, 1.165) is 23.5 Å². The monoisotopic (exact) mass is 329 g/mol. The Labute approximate surface area is 139 Å². The summed E-state index contributed by atoms with van der Waals surface area (Å²) in [6.07, 6.45) is 3.89. The summed E-state index contributed by atoms with van der Waals surface area (Å²) >= 11 is 0. The fourth-order valence-electron chi connectivity index (χ4n) is 3.30. The number of halogens is 1. The first kappa shape index (κ1) is 15.3. The number of hydrogen-bond donors (Lipinski definition) is 2. The number of nitrogens with one attached hydrogen (secondary N) is 1. The van der Waals surface area contributed by atoms with Crippen molar-refractivity contribution >= 4 is 0 Å². The summed E-state index contributed by atoms with van der Waals surface area (Å²) in [5, 5.41) is 9.85. The number of nitrogens with zero attached hydrogens (tertiary/aromatic N) is 2. The van der Waals surface area contributed by atoms with Gasteiger partial charge in [0.05, 0.1) is 5.69 Å². The van der Waals surface area contributed by atoms with Crippen LogP contribution in [0.2, 0.25) is 0 Å². The van der Waals surface area contributed by atoms with Crippen molar-refractivity contribution < 1.29 is 9.50 Å². The largest absolute Gasteiger partial charge is 0.505 e. The van der Waals surface area contributed by atoms with E-state index in [0.29, 0.717) is 37.5 Å². The molecule has 0 radical (unpaired) electrons. The number of phenolic OH excluding ortho intramolecular Hbond substituents is 1. The van der Waals surface area contributed by atoms with Gasteiger partial charge in [-0.15, -0.1) is 0 Å². The lowest BCUT2D eigenvalue weighted by atomic mass is 10.0. The maximum Gasteiger partial charge on any atom is 0.254 e. The molecule has 1 aromatic heterocycles. The molecule has 2 heterocycles. The van der Waals surface area contributed by atoms with Gasteiger partial charge in [-0.3, -0.25) is 9.69 Å². The summed E-state index contributed by atoms with van der Waals surface area (Å²) in [5.74, 6) is 0.537. The third kappa shape index (κ3) is 3.06. The minimum Gasteiger partial charge on any atom is -0.505 e. The van der Waals surface area contributed by atoms with E-state index < -0.39 is 5.82 Å². The fraction of sp³-hybridized carbons (Fsp3) is 0.444. The summed E-state index contributed by atoms with van der Waals surface area (Å²) in [7, 11) is 0. The highest BCUT2D eigenvalue weighted by molar-refractivity contribution is 5.33. The van der Waals surface area contributed by atoms with Gasteiger partial charge in [0.2, 0.25) is 0 Å². The van der Waals surface area contributed by atoms with Crippen LogP contribution in [0.5, 0.6) is 5.75 Å². The molecule has 1 aliphatic heterocycles. The number of phenols is 1. The van der Waals surface area contributed by atoms with Crippen molar-refractivity contribution in [3.05, 3.63) is 57.0 Å². The molecule has 5 nitrogen and oxygen atoms in total. The Morgan fingerprint density at radius 2 is 2.21 bits per heavy atom. The van der Waals surface area contributed by atoms with Crippen LogP contribution in [0.25, 0.3) is 0 Å². The topological polar surface area (TPSA) is 69.2 Å². The van der Waals surface area contributed by atoms with Gasteiger partial charge in [0, 0.05) is 37.2 Å². The predicted molar refractivity (Wildman–Crippen MR) is 87.2 cm³/mol. The Morgan fingerprint density at radius 1 is 1.38 bits per heavy atom. The summed E-state index contributed by atoms with van der Waals surface area (Å²) in [6.45, 7) is 1.68. The van der Waals surface area contributed by atoms with Crippen LogP contribution in [0, 0.1) is 11.7 Å². The zero-order chi connectivity index (χ0) is 16.7. The number of benzene rings is 1. The Hall–Kier alpha value is -2.21. The number of aromatic hydroxyl groups is 1. The molecular weight excluding hydrogens is 309 g/mol. The van der Waals surface area contributed by atoms with E-state index in [2.05, 4.69) is 14.9 Å². The molecule has 4 rings (SSSR count). The van der Waals surface area contributed by atoms with E-state index in [1.165, 1.54) is 18.9 Å². The molecule has 0 atom stereocenters. The van der Waals surface area contributed by atoms with Gasteiger partial charge < -0.3 is 10.1 Å². The van der Waals surface area contributed by atoms with Gasteiger partial charge in [-0.1, -0.05) is 12.1 Å². The molecule has 2 aromatic rings. The first-order chi connectivity index (χ1) is 11.6. The highest BCUT2D eigenvalue weighted by Gasteiger charge is 2.26. The summed E-state index contributed by atoms with van der Waals surface area (Å²) in [5.41, 5.74) is 2.11. The van der Waals surface area contributed by atoms with Gasteiger partial charge >= 0.3 is 0 Å². The van der Waals surface area contributed by atoms with Crippen molar-refractivity contribution in [1.29, 1.82) is 0 Å². The number of aromatic amines is 1. The van der Waals surface area contributed by atoms with Crippen molar-refractivity contribution in [1.82, 2.24) is 14.9 Å². The number of H-pyrrole nitrogens is 1. The van der Waals surface area contributed by atoms with Crippen LogP contribution in [0.15, 0.2) is 23.0 Å². The molecule has 0 amide bonds. The van der Waals surface area contributed by atoms with Crippen LogP contribution in [0.4, 0.5) is 4.39 Å². The molecule has 24 heavy (non-hydrogen) atoms. The van der Waals surface area contributed by atoms with Gasteiger partial charge in [-0.2, -0.15) is 0 Å². The second kappa shape index (κ2) is 6.02. The average molecular weight is 329 g/mol. The second-order valence-corrected chi connectivity index (χ2v) is 6.79. The molecule has 0 saturated heterocycles. The lowest BCUT2D eigenvalue weighted by molar-refractivity contribution is 0.236. The molecule has 6 heteroatoms. The molecular formula is C18H20FN3O2. The molecule has 1 fully saturated rings. The van der Waals surface area contributed by atoms with Crippen molar-refractivity contribution in [3.63, 3.8) is 0 Å². The van der Waals surface area contributed by atoms with Crippen LogP contribution in [0.3, 0.4) is 0 Å². The molecule has 1 aliphatic carbocycles. The first-order valence-corrected chi connectivity index (χ1v) is 8.40. The minimum atomic E-state index is -0.605. The zero-order valence-corrected chi connectivity index (χ0v) is 13.4. The summed E-state index contributed by atoms with van der Waals surface area (Å²) < 4.78 is 13.5. The van der Waals surface area contributed by atoms with Crippen LogP contribution in [0.1, 0.15) is 35.5 Å². The molecule has 1 saturated carbocycles. The van der Waals surface area contributed by atoms with Gasteiger partial charge in [0.15, 0.2) is 11.6 Å². The van der Waals surface area contributed by atoms with Crippen molar-refractivity contribution in [2.75, 3.05) is 6.54 Å². The van der Waals surface area contributed by atoms with Gasteiger partial charge in [0.1, 0.15) is 5.82 Å². The lowest BCUT2D eigenvalue weighted by Crippen LogP contribution is -2.35. The molecule has 2 aliphatic rings. The van der Waals surface area contributed by atoms with E-state index in [-0.39, 0.29) is 11.3 Å². The van der Waals surface area contributed by atoms with Crippen molar-refractivity contribution in [3.8, 4) is 5.75 Å². The van der Waals surface area contributed by atoms with Gasteiger partial charge in [-0.05, 0) is 31.2 Å². The number of para-hydroxylation sites is 1. The number of fused-ring (bicyclic) bond motifs is 1. The molecule has 1 aromatic carbocycles. The smallest absolute Gasteiger partial charge is 0.254 e. The third-order valence-electron chi connectivity index (χ3n) is 4.84. The molecule has 0 unspecified atom stereocenters. The third-order valence-corrected chi connectivity index (χ3v) is 4.84. The Kier molecular flexibility index (Phi) is 3.84. The van der Waals surface area contributed by atoms with E-state index >= 15 is 0 Å². The summed E-state index contributed by atoms with van der Waals surface area (Å²) in [4.78, 5) is 21.9. The maximum absolute atomic E-state index is 13.5. The number of aromatic nitrogens is 2. The van der Waals surface area contributed by atoms with Crippen LogP contribution >= 0.6 is 0 Å². The van der Waals surface area contributed by atoms with E-state index in [9.17, 15) is 14.3 Å². The van der Waals surface area contributed by atoms with E-state index in [4.69, 9.17) is 0 Å². The van der Waals surface area contributed by atoms with Crippen LogP contribution in [-0.4, -0.2) is 26.5 Å². The highest BCUT2D eigenvalue weighted by Crippen LogP contribution is 2.31. The minimum absolute atomic E-state index is 0.0242. The zero-order valence-electron chi connectivity index (χ0n) is 13.4. The quantitative estimate of drug-likeness (QED) is 0.901. The number of hydrogen-bond acceptors (Lipinski definition) is 4. The predicted octanol–water partition coefficient (Wildman–Crippen LogP) is 2.13. The molecule has 126 valence electrons. The first-order valence-electron chi connectivity index (χ1n) is 8.40. The Morgan fingerprint density at radius 3 is 3.00 bits per heavy atom. The molecule has 0 spiro atoms. The average Bonchev–Trinajstić information content (AvgIpc) is 3.35. The van der Waals surface area contributed by atoms with Crippen molar-refractivity contribution in [2.24, 2.45) is 5.92 Å². The highest BCUT2D eigenvalue weighted by atomic mass is 19.1. The Balaban J connectivity index is 1.55. The summed E-state index contributed by atoms with van der Waals surface area (Å²) in [6, 6.07) is 4.56. The second-order valence-electron chi connectivity index (χ2n) is 6.79. The van der Waals surface area contributed by atoms with E-state index in [1.54, 1.807) is 12.1 Å².